The fourth-order valence-electron chi connectivity index (χ4n) is 0.339. The van der Waals surface area contributed by atoms with Crippen molar-refractivity contribution >= 4 is 11.9 Å². The lowest BCUT2D eigenvalue weighted by atomic mass is 10.6. The SMILES string of the molecule is C=CC(=O)OCNCC(=O)O. The van der Waals surface area contributed by atoms with E-state index in [-0.39, 0.29) is 13.3 Å². The molecule has 11 heavy (non-hydrogen) atoms. The summed E-state index contributed by atoms with van der Waals surface area (Å²) in [7, 11) is 0. The smallest absolute Gasteiger partial charge is 0.331 e. The summed E-state index contributed by atoms with van der Waals surface area (Å²) in [6.07, 6.45) is 1.00. The molecule has 0 aliphatic heterocycles. The van der Waals surface area contributed by atoms with Crippen molar-refractivity contribution < 1.29 is 19.4 Å². The molecule has 2 N–H and O–H groups in total. The molecule has 0 aromatic carbocycles. The van der Waals surface area contributed by atoms with E-state index in [9.17, 15) is 9.59 Å². The number of carboxylic acids is 1. The maximum absolute atomic E-state index is 10.3. The highest BCUT2D eigenvalue weighted by Gasteiger charge is 1.96. The molecule has 0 aliphatic carbocycles. The Balaban J connectivity index is 3.21. The first-order valence-corrected chi connectivity index (χ1v) is 2.88. The van der Waals surface area contributed by atoms with Crippen LogP contribution in [0.1, 0.15) is 0 Å². The Morgan fingerprint density at radius 2 is 2.27 bits per heavy atom. The largest absolute Gasteiger partial charge is 0.480 e. The van der Waals surface area contributed by atoms with Crippen LogP contribution in [0.25, 0.3) is 0 Å². The molecule has 0 atom stereocenters. The van der Waals surface area contributed by atoms with Crippen LogP contribution in [0.4, 0.5) is 0 Å². The lowest BCUT2D eigenvalue weighted by Crippen LogP contribution is -2.26. The molecule has 0 aromatic heterocycles. The average Bonchev–Trinajstić information content (AvgIpc) is 1.97. The Morgan fingerprint density at radius 1 is 1.64 bits per heavy atom. The second-order valence-electron chi connectivity index (χ2n) is 1.63. The van der Waals surface area contributed by atoms with Crippen molar-refractivity contribution in [2.24, 2.45) is 0 Å². The molecule has 0 spiro atoms. The van der Waals surface area contributed by atoms with Crippen molar-refractivity contribution in [3.05, 3.63) is 12.7 Å². The van der Waals surface area contributed by atoms with Crippen molar-refractivity contribution in [2.45, 2.75) is 0 Å². The van der Waals surface area contributed by atoms with Crippen LogP contribution in [0.5, 0.6) is 0 Å². The van der Waals surface area contributed by atoms with Crippen LogP contribution < -0.4 is 5.32 Å². The van der Waals surface area contributed by atoms with Gasteiger partial charge in [0.05, 0.1) is 6.54 Å². The maximum Gasteiger partial charge on any atom is 0.331 e. The molecule has 5 nitrogen and oxygen atoms in total. The van der Waals surface area contributed by atoms with E-state index >= 15 is 0 Å². The minimum atomic E-state index is -1.00. The quantitative estimate of drug-likeness (QED) is 0.241. The number of rotatable bonds is 5. The van der Waals surface area contributed by atoms with Crippen LogP contribution in [0.2, 0.25) is 0 Å². The van der Waals surface area contributed by atoms with Gasteiger partial charge in [-0.05, 0) is 0 Å². The molecule has 0 amide bonds. The summed E-state index contributed by atoms with van der Waals surface area (Å²) in [5.41, 5.74) is 0. The van der Waals surface area contributed by atoms with Gasteiger partial charge in [0.2, 0.25) is 0 Å². The Labute approximate surface area is 63.7 Å². The number of carbonyl (C=O) groups excluding carboxylic acids is 1. The number of carboxylic acid groups (broad SMARTS) is 1. The topological polar surface area (TPSA) is 75.6 Å². The zero-order valence-electron chi connectivity index (χ0n) is 5.87. The van der Waals surface area contributed by atoms with Crippen molar-refractivity contribution in [3.8, 4) is 0 Å². The lowest BCUT2D eigenvalue weighted by Gasteiger charge is -2.00. The van der Waals surface area contributed by atoms with Gasteiger partial charge in [0, 0.05) is 6.08 Å². The molecule has 5 heteroatoms. The summed E-state index contributed by atoms with van der Waals surface area (Å²) in [5.74, 6) is -1.58. The van der Waals surface area contributed by atoms with E-state index in [1.54, 1.807) is 0 Å². The normalized spacial score (nSPS) is 8.73. The van der Waals surface area contributed by atoms with Gasteiger partial charge in [0.15, 0.2) is 0 Å². The highest BCUT2D eigenvalue weighted by molar-refractivity contribution is 5.81. The number of esters is 1. The summed E-state index contributed by atoms with van der Waals surface area (Å²) in [6, 6.07) is 0. The van der Waals surface area contributed by atoms with Gasteiger partial charge in [-0.15, -0.1) is 0 Å². The first kappa shape index (κ1) is 9.64. The number of hydrogen-bond acceptors (Lipinski definition) is 4. The Hall–Kier alpha value is -1.36. The molecule has 0 heterocycles. The van der Waals surface area contributed by atoms with Crippen molar-refractivity contribution in [1.82, 2.24) is 5.32 Å². The number of hydrogen-bond donors (Lipinski definition) is 2. The van der Waals surface area contributed by atoms with Crippen LogP contribution in [-0.4, -0.2) is 30.3 Å². The molecule has 0 saturated heterocycles. The van der Waals surface area contributed by atoms with Crippen molar-refractivity contribution in [1.29, 1.82) is 0 Å². The maximum atomic E-state index is 10.3. The number of carbonyl (C=O) groups is 2. The third-order valence-corrected chi connectivity index (χ3v) is 0.759. The third-order valence-electron chi connectivity index (χ3n) is 0.759. The van der Waals surface area contributed by atoms with Gasteiger partial charge in [0.1, 0.15) is 6.73 Å². The van der Waals surface area contributed by atoms with Crippen LogP contribution in [0.3, 0.4) is 0 Å². The van der Waals surface area contributed by atoms with Gasteiger partial charge in [-0.1, -0.05) is 6.58 Å². The molecule has 0 radical (unpaired) electrons. The molecule has 0 bridgehead atoms. The molecule has 0 rings (SSSR count). The molecule has 0 saturated carbocycles. The zero-order chi connectivity index (χ0) is 8.69. The first-order chi connectivity index (χ1) is 5.16. The summed E-state index contributed by atoms with van der Waals surface area (Å²) in [4.78, 5) is 20.2. The van der Waals surface area contributed by atoms with Gasteiger partial charge in [0.25, 0.3) is 0 Å². The standard InChI is InChI=1S/C6H9NO4/c1-2-6(10)11-4-7-3-5(8)9/h2,7H,1,3-4H2,(H,8,9). The van der Waals surface area contributed by atoms with Crippen LogP contribution >= 0.6 is 0 Å². The second-order valence-corrected chi connectivity index (χ2v) is 1.63. The Morgan fingerprint density at radius 3 is 2.73 bits per heavy atom. The average molecular weight is 159 g/mol. The first-order valence-electron chi connectivity index (χ1n) is 2.88. The molecule has 0 aliphatic rings. The second kappa shape index (κ2) is 5.43. The summed E-state index contributed by atoms with van der Waals surface area (Å²) in [6.45, 7) is 2.81. The minimum absolute atomic E-state index is 0.114. The third kappa shape index (κ3) is 6.53. The Kier molecular flexibility index (Phi) is 4.76. The van der Waals surface area contributed by atoms with E-state index in [4.69, 9.17) is 5.11 Å². The van der Waals surface area contributed by atoms with E-state index < -0.39 is 11.9 Å². The zero-order valence-corrected chi connectivity index (χ0v) is 5.87. The molecule has 0 aromatic rings. The fraction of sp³-hybridized carbons (Fsp3) is 0.333. The predicted molar refractivity (Wildman–Crippen MR) is 36.8 cm³/mol. The van der Waals surface area contributed by atoms with E-state index in [1.807, 2.05) is 0 Å². The molecular formula is C6H9NO4. The summed E-state index contributed by atoms with van der Waals surface area (Å²) < 4.78 is 4.41. The highest BCUT2D eigenvalue weighted by Crippen LogP contribution is 1.74. The molecular weight excluding hydrogens is 150 g/mol. The van der Waals surface area contributed by atoms with E-state index in [0.717, 1.165) is 6.08 Å². The van der Waals surface area contributed by atoms with Gasteiger partial charge < -0.3 is 9.84 Å². The summed E-state index contributed by atoms with van der Waals surface area (Å²) >= 11 is 0. The van der Waals surface area contributed by atoms with Gasteiger partial charge in [-0.25, -0.2) is 4.79 Å². The minimum Gasteiger partial charge on any atom is -0.480 e. The van der Waals surface area contributed by atoms with Crippen molar-refractivity contribution in [3.63, 3.8) is 0 Å². The van der Waals surface area contributed by atoms with Crippen LogP contribution in [0.15, 0.2) is 12.7 Å². The fourth-order valence-corrected chi connectivity index (χ4v) is 0.339. The Bertz CT molecular complexity index is 166. The molecule has 0 unspecified atom stereocenters. The number of aliphatic carboxylic acids is 1. The van der Waals surface area contributed by atoms with Gasteiger partial charge in [-0.2, -0.15) is 0 Å². The summed E-state index contributed by atoms with van der Waals surface area (Å²) in [5, 5.41) is 10.5. The van der Waals surface area contributed by atoms with Gasteiger partial charge >= 0.3 is 11.9 Å². The van der Waals surface area contributed by atoms with E-state index in [2.05, 4.69) is 16.6 Å². The monoisotopic (exact) mass is 159 g/mol. The van der Waals surface area contributed by atoms with Crippen LogP contribution in [0, 0.1) is 0 Å². The van der Waals surface area contributed by atoms with Crippen LogP contribution in [-0.2, 0) is 14.3 Å². The molecule has 0 fully saturated rings. The number of nitrogens with one attached hydrogen (secondary N) is 1. The lowest BCUT2D eigenvalue weighted by molar-refractivity contribution is -0.141. The number of ether oxygens (including phenoxy) is 1. The van der Waals surface area contributed by atoms with E-state index in [1.165, 1.54) is 0 Å². The van der Waals surface area contributed by atoms with Gasteiger partial charge in [-0.3, -0.25) is 10.1 Å². The van der Waals surface area contributed by atoms with Crippen molar-refractivity contribution in [2.75, 3.05) is 13.3 Å². The predicted octanol–water partition coefficient (Wildman–Crippen LogP) is -0.653. The van der Waals surface area contributed by atoms with E-state index in [0.29, 0.717) is 0 Å². The molecule has 62 valence electrons. The highest BCUT2D eigenvalue weighted by atomic mass is 16.5.